The monoisotopic (exact) mass is 487 g/mol. The molecule has 3 heterocycles. The Morgan fingerprint density at radius 1 is 0.971 bits per heavy atom. The molecule has 2 aliphatic rings. The van der Waals surface area contributed by atoms with Crippen LogP contribution in [0, 0.1) is 0 Å². The molecule has 0 bridgehead atoms. The van der Waals surface area contributed by atoms with Crippen LogP contribution >= 0.6 is 11.3 Å². The standard InChI is InChI=1S/C28H29N3O3S/c1-34-22-13-11-21(12-14-22)25-19-23(20-7-3-2-4-8-20)29-31(25)28(33)16-15-27(32)30-17-5-9-24(30)26-10-6-18-35-26/h2-4,6-8,10-14,18,24-25H,5,9,15-17,19H2,1H3/t24-,25-/m0/s1. The highest BCUT2D eigenvalue weighted by atomic mass is 32.1. The lowest BCUT2D eigenvalue weighted by Crippen LogP contribution is -2.32. The van der Waals surface area contributed by atoms with Gasteiger partial charge in [0, 0.05) is 30.7 Å². The van der Waals surface area contributed by atoms with Gasteiger partial charge in [-0.1, -0.05) is 48.5 Å². The molecule has 1 aromatic heterocycles. The smallest absolute Gasteiger partial charge is 0.243 e. The van der Waals surface area contributed by atoms with Crippen molar-refractivity contribution in [2.24, 2.45) is 5.10 Å². The molecule has 0 aliphatic carbocycles. The average Bonchev–Trinajstić information content (AvgIpc) is 3.68. The molecule has 1 fully saturated rings. The SMILES string of the molecule is COc1ccc([C@@H]2CC(c3ccccc3)=NN2C(=O)CCC(=O)N2CCC[C@H]2c2cccs2)cc1. The quantitative estimate of drug-likeness (QED) is 0.437. The Morgan fingerprint density at radius 3 is 2.46 bits per heavy atom. The van der Waals surface area contributed by atoms with E-state index in [1.54, 1.807) is 23.5 Å². The van der Waals surface area contributed by atoms with Crippen LogP contribution in [0.4, 0.5) is 0 Å². The number of ether oxygens (including phenoxy) is 1. The first kappa shape index (κ1) is 23.3. The first-order valence-corrected chi connectivity index (χ1v) is 12.9. The molecule has 3 aromatic rings. The van der Waals surface area contributed by atoms with E-state index in [4.69, 9.17) is 9.84 Å². The Morgan fingerprint density at radius 2 is 1.74 bits per heavy atom. The van der Waals surface area contributed by atoms with Crippen LogP contribution in [-0.4, -0.2) is 41.1 Å². The van der Waals surface area contributed by atoms with Gasteiger partial charge in [0.1, 0.15) is 5.75 Å². The van der Waals surface area contributed by atoms with Gasteiger partial charge in [0.25, 0.3) is 0 Å². The van der Waals surface area contributed by atoms with Crippen molar-refractivity contribution in [1.82, 2.24) is 9.91 Å². The van der Waals surface area contributed by atoms with Crippen LogP contribution in [0.25, 0.3) is 0 Å². The second-order valence-corrected chi connectivity index (χ2v) is 9.88. The minimum atomic E-state index is -0.204. The van der Waals surface area contributed by atoms with E-state index in [-0.39, 0.29) is 36.7 Å². The van der Waals surface area contributed by atoms with Crippen LogP contribution in [0.15, 0.2) is 77.2 Å². The zero-order valence-corrected chi connectivity index (χ0v) is 20.6. The zero-order valence-electron chi connectivity index (χ0n) is 19.8. The van der Waals surface area contributed by atoms with E-state index in [1.165, 1.54) is 4.88 Å². The third-order valence-electron chi connectivity index (χ3n) is 6.77. The van der Waals surface area contributed by atoms with Gasteiger partial charge >= 0.3 is 0 Å². The summed E-state index contributed by atoms with van der Waals surface area (Å²) in [5, 5.41) is 8.37. The summed E-state index contributed by atoms with van der Waals surface area (Å²) in [5.41, 5.74) is 2.88. The second kappa shape index (κ2) is 10.4. The van der Waals surface area contributed by atoms with Crippen LogP contribution in [0.5, 0.6) is 5.75 Å². The largest absolute Gasteiger partial charge is 0.497 e. The number of thiophene rings is 1. The molecule has 2 aromatic carbocycles. The third kappa shape index (κ3) is 5.00. The topological polar surface area (TPSA) is 62.2 Å². The maximum absolute atomic E-state index is 13.4. The van der Waals surface area contributed by atoms with Crippen molar-refractivity contribution in [3.8, 4) is 5.75 Å². The molecule has 35 heavy (non-hydrogen) atoms. The van der Waals surface area contributed by atoms with Gasteiger partial charge in [-0.3, -0.25) is 9.59 Å². The molecule has 2 amide bonds. The van der Waals surface area contributed by atoms with Crippen molar-refractivity contribution < 1.29 is 14.3 Å². The van der Waals surface area contributed by atoms with Gasteiger partial charge < -0.3 is 9.64 Å². The molecule has 0 spiro atoms. The van der Waals surface area contributed by atoms with Crippen molar-refractivity contribution in [2.75, 3.05) is 13.7 Å². The first-order chi connectivity index (χ1) is 17.1. The number of rotatable bonds is 7. The third-order valence-corrected chi connectivity index (χ3v) is 7.74. The Balaban J connectivity index is 1.31. The Hall–Kier alpha value is -3.45. The number of benzene rings is 2. The molecule has 0 N–H and O–H groups in total. The number of nitrogens with zero attached hydrogens (tertiary/aromatic N) is 3. The molecule has 0 unspecified atom stereocenters. The van der Waals surface area contributed by atoms with Crippen molar-refractivity contribution in [1.29, 1.82) is 0 Å². The highest BCUT2D eigenvalue weighted by Gasteiger charge is 2.35. The van der Waals surface area contributed by atoms with E-state index >= 15 is 0 Å². The number of hydrogen-bond donors (Lipinski definition) is 0. The minimum Gasteiger partial charge on any atom is -0.497 e. The van der Waals surface area contributed by atoms with Crippen LogP contribution in [0.2, 0.25) is 0 Å². The van der Waals surface area contributed by atoms with E-state index < -0.39 is 0 Å². The Bertz CT molecular complexity index is 1190. The Labute approximate surface area is 209 Å². The highest BCUT2D eigenvalue weighted by Crippen LogP contribution is 2.36. The molecule has 1 saturated heterocycles. The number of amides is 2. The van der Waals surface area contributed by atoms with Gasteiger partial charge in [-0.05, 0) is 47.5 Å². The average molecular weight is 488 g/mol. The van der Waals surface area contributed by atoms with Gasteiger partial charge in [0.05, 0.1) is 24.9 Å². The second-order valence-electron chi connectivity index (χ2n) is 8.90. The van der Waals surface area contributed by atoms with Gasteiger partial charge in [0.15, 0.2) is 0 Å². The van der Waals surface area contributed by atoms with Crippen molar-refractivity contribution in [3.63, 3.8) is 0 Å². The lowest BCUT2D eigenvalue weighted by atomic mass is 9.98. The maximum atomic E-state index is 13.4. The Kier molecular flexibility index (Phi) is 6.95. The van der Waals surface area contributed by atoms with Crippen molar-refractivity contribution in [3.05, 3.63) is 88.1 Å². The number of hydrazone groups is 1. The van der Waals surface area contributed by atoms with E-state index in [9.17, 15) is 9.59 Å². The predicted octanol–water partition coefficient (Wildman–Crippen LogP) is 5.58. The van der Waals surface area contributed by atoms with Gasteiger partial charge in [-0.2, -0.15) is 5.10 Å². The molecule has 7 heteroatoms. The number of likely N-dealkylation sites (tertiary alicyclic amines) is 1. The zero-order chi connectivity index (χ0) is 24.2. The van der Waals surface area contributed by atoms with Crippen LogP contribution in [-0.2, 0) is 9.59 Å². The normalized spacial score (nSPS) is 19.6. The van der Waals surface area contributed by atoms with Crippen molar-refractivity contribution >= 4 is 28.9 Å². The molecule has 0 radical (unpaired) electrons. The van der Waals surface area contributed by atoms with Gasteiger partial charge in [-0.15, -0.1) is 11.3 Å². The molecule has 5 rings (SSSR count). The fraction of sp³-hybridized carbons (Fsp3) is 0.321. The van der Waals surface area contributed by atoms with E-state index in [1.807, 2.05) is 65.6 Å². The summed E-state index contributed by atoms with van der Waals surface area (Å²) in [7, 11) is 1.64. The maximum Gasteiger partial charge on any atom is 0.243 e. The van der Waals surface area contributed by atoms with E-state index in [0.29, 0.717) is 6.42 Å². The summed E-state index contributed by atoms with van der Waals surface area (Å²) < 4.78 is 5.30. The summed E-state index contributed by atoms with van der Waals surface area (Å²) in [5.74, 6) is 0.684. The van der Waals surface area contributed by atoms with Crippen LogP contribution in [0.3, 0.4) is 0 Å². The molecular formula is C28H29N3O3S. The molecule has 6 nitrogen and oxygen atoms in total. The molecule has 2 aliphatic heterocycles. The molecular weight excluding hydrogens is 458 g/mol. The molecule has 180 valence electrons. The van der Waals surface area contributed by atoms with Gasteiger partial charge in [-0.25, -0.2) is 5.01 Å². The highest BCUT2D eigenvalue weighted by molar-refractivity contribution is 7.10. The number of methoxy groups -OCH3 is 1. The molecule has 2 atom stereocenters. The number of carbonyl (C=O) groups is 2. The summed E-state index contributed by atoms with van der Waals surface area (Å²) in [6.07, 6.45) is 2.95. The summed E-state index contributed by atoms with van der Waals surface area (Å²) >= 11 is 1.69. The minimum absolute atomic E-state index is 0.0432. The number of hydrogen-bond acceptors (Lipinski definition) is 5. The van der Waals surface area contributed by atoms with Crippen molar-refractivity contribution in [2.45, 2.75) is 44.2 Å². The summed E-state index contributed by atoms with van der Waals surface area (Å²) in [6, 6.07) is 21.8. The lowest BCUT2D eigenvalue weighted by Gasteiger charge is -2.25. The summed E-state index contributed by atoms with van der Waals surface area (Å²) in [6.45, 7) is 0.754. The fourth-order valence-electron chi connectivity index (χ4n) is 4.94. The van der Waals surface area contributed by atoms with Crippen LogP contribution < -0.4 is 4.74 Å². The lowest BCUT2D eigenvalue weighted by molar-refractivity contribution is -0.138. The van der Waals surface area contributed by atoms with E-state index in [0.717, 1.165) is 42.0 Å². The van der Waals surface area contributed by atoms with E-state index in [2.05, 4.69) is 11.4 Å². The fourth-order valence-corrected chi connectivity index (χ4v) is 5.82. The summed E-state index contributed by atoms with van der Waals surface area (Å²) in [4.78, 5) is 29.6. The number of carbonyl (C=O) groups excluding carboxylic acids is 2. The van der Waals surface area contributed by atoms with Crippen LogP contribution in [0.1, 0.15) is 60.2 Å². The van der Waals surface area contributed by atoms with Gasteiger partial charge in [0.2, 0.25) is 11.8 Å². The first-order valence-electron chi connectivity index (χ1n) is 12.1. The predicted molar refractivity (Wildman–Crippen MR) is 137 cm³/mol. The molecule has 0 saturated carbocycles.